The lowest BCUT2D eigenvalue weighted by Crippen LogP contribution is -2.05. The third-order valence-corrected chi connectivity index (χ3v) is 2.98. The maximum absolute atomic E-state index is 5.74. The van der Waals surface area contributed by atoms with Crippen LogP contribution in [0.2, 0.25) is 0 Å². The van der Waals surface area contributed by atoms with E-state index in [0.717, 1.165) is 12.4 Å². The van der Waals surface area contributed by atoms with E-state index in [-0.39, 0.29) is 0 Å². The maximum Gasteiger partial charge on any atom is 0.122 e. The lowest BCUT2D eigenvalue weighted by Gasteiger charge is -2.10. The Labute approximate surface area is 94.8 Å². The highest BCUT2D eigenvalue weighted by molar-refractivity contribution is 5.87. The number of aryl methyl sites for hydroxylation is 1. The summed E-state index contributed by atoms with van der Waals surface area (Å²) in [7, 11) is 0. The van der Waals surface area contributed by atoms with Gasteiger partial charge in [-0.25, -0.2) is 0 Å². The van der Waals surface area contributed by atoms with Gasteiger partial charge in [0.1, 0.15) is 18.5 Å². The lowest BCUT2D eigenvalue weighted by atomic mass is 10.0. The maximum atomic E-state index is 5.74. The van der Waals surface area contributed by atoms with Crippen LogP contribution in [0.15, 0.2) is 36.4 Å². The Morgan fingerprint density at radius 2 is 2.06 bits per heavy atom. The van der Waals surface area contributed by atoms with Gasteiger partial charge in [0.15, 0.2) is 0 Å². The van der Waals surface area contributed by atoms with Gasteiger partial charge in [-0.1, -0.05) is 30.3 Å². The second-order valence-electron chi connectivity index (χ2n) is 4.18. The van der Waals surface area contributed by atoms with Gasteiger partial charge >= 0.3 is 0 Å². The number of rotatable bonds is 3. The van der Waals surface area contributed by atoms with Crippen molar-refractivity contribution in [2.75, 3.05) is 13.2 Å². The first-order valence-electron chi connectivity index (χ1n) is 5.57. The Morgan fingerprint density at radius 1 is 1.25 bits per heavy atom. The van der Waals surface area contributed by atoms with Crippen molar-refractivity contribution < 1.29 is 9.47 Å². The average Bonchev–Trinajstić information content (AvgIpc) is 3.13. The Kier molecular flexibility index (Phi) is 2.29. The average molecular weight is 214 g/mol. The molecular weight excluding hydrogens is 200 g/mol. The fourth-order valence-electron chi connectivity index (χ4n) is 1.91. The van der Waals surface area contributed by atoms with Gasteiger partial charge in [0.2, 0.25) is 0 Å². The van der Waals surface area contributed by atoms with Crippen LogP contribution in [-0.2, 0) is 4.74 Å². The van der Waals surface area contributed by atoms with E-state index in [1.807, 2.05) is 6.07 Å². The van der Waals surface area contributed by atoms with Crippen molar-refractivity contribution in [3.05, 3.63) is 42.0 Å². The van der Waals surface area contributed by atoms with Crippen molar-refractivity contribution in [3.8, 4) is 5.75 Å². The number of hydrogen-bond acceptors (Lipinski definition) is 2. The molecule has 0 aromatic heterocycles. The number of ether oxygens (including phenoxy) is 2. The van der Waals surface area contributed by atoms with E-state index >= 15 is 0 Å². The fourth-order valence-corrected chi connectivity index (χ4v) is 1.91. The number of benzene rings is 2. The SMILES string of the molecule is Cc1c(OCC2CO2)ccc2ccccc12. The Bertz CT molecular complexity index is 515. The summed E-state index contributed by atoms with van der Waals surface area (Å²) in [6.45, 7) is 3.61. The van der Waals surface area contributed by atoms with Crippen LogP contribution in [0.5, 0.6) is 5.75 Å². The molecule has 1 unspecified atom stereocenters. The topological polar surface area (TPSA) is 21.8 Å². The molecule has 2 nitrogen and oxygen atoms in total. The van der Waals surface area contributed by atoms with Gasteiger partial charge in [-0.05, 0) is 29.3 Å². The van der Waals surface area contributed by atoms with Crippen LogP contribution in [0.3, 0.4) is 0 Å². The van der Waals surface area contributed by atoms with Crippen LogP contribution in [0, 0.1) is 6.92 Å². The third kappa shape index (κ3) is 1.76. The number of fused-ring (bicyclic) bond motifs is 1. The van der Waals surface area contributed by atoms with Crippen LogP contribution in [-0.4, -0.2) is 19.3 Å². The number of hydrogen-bond donors (Lipinski definition) is 0. The minimum atomic E-state index is 0.311. The minimum absolute atomic E-state index is 0.311. The molecule has 1 heterocycles. The van der Waals surface area contributed by atoms with Crippen molar-refractivity contribution in [2.45, 2.75) is 13.0 Å². The first kappa shape index (κ1) is 9.67. The smallest absolute Gasteiger partial charge is 0.122 e. The van der Waals surface area contributed by atoms with Gasteiger partial charge in [0.25, 0.3) is 0 Å². The molecule has 1 aliphatic rings. The molecule has 82 valence electrons. The molecule has 0 N–H and O–H groups in total. The zero-order valence-electron chi connectivity index (χ0n) is 9.27. The molecular formula is C14H14O2. The fraction of sp³-hybridized carbons (Fsp3) is 0.286. The molecule has 16 heavy (non-hydrogen) atoms. The van der Waals surface area contributed by atoms with Gasteiger partial charge in [-0.15, -0.1) is 0 Å². The molecule has 0 radical (unpaired) electrons. The summed E-state index contributed by atoms with van der Waals surface area (Å²) in [5.74, 6) is 0.967. The van der Waals surface area contributed by atoms with Crippen molar-refractivity contribution >= 4 is 10.8 Å². The van der Waals surface area contributed by atoms with Gasteiger partial charge in [-0.2, -0.15) is 0 Å². The lowest BCUT2D eigenvalue weighted by molar-refractivity contribution is 0.262. The second kappa shape index (κ2) is 3.80. The monoisotopic (exact) mass is 214 g/mol. The van der Waals surface area contributed by atoms with Crippen LogP contribution >= 0.6 is 0 Å². The molecule has 1 atom stereocenters. The Hall–Kier alpha value is -1.54. The first-order valence-corrected chi connectivity index (χ1v) is 5.57. The normalized spacial score (nSPS) is 18.7. The Balaban J connectivity index is 1.94. The quantitative estimate of drug-likeness (QED) is 0.733. The molecule has 2 aromatic carbocycles. The summed E-state index contributed by atoms with van der Waals surface area (Å²) in [6, 6.07) is 12.5. The van der Waals surface area contributed by atoms with Crippen LogP contribution in [0.1, 0.15) is 5.56 Å². The van der Waals surface area contributed by atoms with Crippen molar-refractivity contribution in [3.63, 3.8) is 0 Å². The van der Waals surface area contributed by atoms with Gasteiger partial charge in [-0.3, -0.25) is 0 Å². The zero-order chi connectivity index (χ0) is 11.0. The highest BCUT2D eigenvalue weighted by Gasteiger charge is 2.23. The van der Waals surface area contributed by atoms with Gasteiger partial charge in [0, 0.05) is 0 Å². The zero-order valence-corrected chi connectivity index (χ0v) is 9.27. The van der Waals surface area contributed by atoms with Crippen molar-refractivity contribution in [1.29, 1.82) is 0 Å². The summed E-state index contributed by atoms with van der Waals surface area (Å²) < 4.78 is 10.9. The standard InChI is InChI=1S/C14H14O2/c1-10-13-5-3-2-4-11(13)6-7-14(10)16-9-12-8-15-12/h2-7,12H,8-9H2,1H3. The van der Waals surface area contributed by atoms with Crippen LogP contribution in [0.25, 0.3) is 10.8 Å². The molecule has 0 amide bonds. The molecule has 1 aliphatic heterocycles. The summed E-state index contributed by atoms with van der Waals surface area (Å²) in [6.07, 6.45) is 0.311. The highest BCUT2D eigenvalue weighted by Crippen LogP contribution is 2.27. The van der Waals surface area contributed by atoms with Crippen molar-refractivity contribution in [2.24, 2.45) is 0 Å². The second-order valence-corrected chi connectivity index (χ2v) is 4.18. The Morgan fingerprint density at radius 3 is 2.88 bits per heavy atom. The molecule has 1 fully saturated rings. The summed E-state index contributed by atoms with van der Waals surface area (Å²) in [4.78, 5) is 0. The largest absolute Gasteiger partial charge is 0.490 e. The molecule has 1 saturated heterocycles. The van der Waals surface area contributed by atoms with Crippen LogP contribution < -0.4 is 4.74 Å². The molecule has 3 rings (SSSR count). The van der Waals surface area contributed by atoms with E-state index in [9.17, 15) is 0 Å². The molecule has 0 aliphatic carbocycles. The molecule has 2 aromatic rings. The predicted molar refractivity (Wildman–Crippen MR) is 63.9 cm³/mol. The number of epoxide rings is 1. The van der Waals surface area contributed by atoms with E-state index < -0.39 is 0 Å². The van der Waals surface area contributed by atoms with E-state index in [4.69, 9.17) is 9.47 Å². The van der Waals surface area contributed by atoms with E-state index in [0.29, 0.717) is 12.7 Å². The summed E-state index contributed by atoms with van der Waals surface area (Å²) in [5.41, 5.74) is 1.21. The van der Waals surface area contributed by atoms with Crippen LogP contribution in [0.4, 0.5) is 0 Å². The van der Waals surface area contributed by atoms with E-state index in [1.54, 1.807) is 0 Å². The first-order chi connectivity index (χ1) is 7.84. The minimum Gasteiger partial charge on any atom is -0.490 e. The molecule has 0 spiro atoms. The predicted octanol–water partition coefficient (Wildman–Crippen LogP) is 2.93. The van der Waals surface area contributed by atoms with Gasteiger partial charge < -0.3 is 9.47 Å². The van der Waals surface area contributed by atoms with Gasteiger partial charge in [0.05, 0.1) is 6.61 Å². The molecule has 0 bridgehead atoms. The third-order valence-electron chi connectivity index (χ3n) is 2.98. The van der Waals surface area contributed by atoms with Crippen molar-refractivity contribution in [1.82, 2.24) is 0 Å². The molecule has 0 saturated carbocycles. The summed E-state index contributed by atoms with van der Waals surface area (Å²) in [5, 5.41) is 2.52. The van der Waals surface area contributed by atoms with E-state index in [2.05, 4.69) is 37.3 Å². The highest BCUT2D eigenvalue weighted by atomic mass is 16.6. The summed E-state index contributed by atoms with van der Waals surface area (Å²) >= 11 is 0. The van der Waals surface area contributed by atoms with E-state index in [1.165, 1.54) is 16.3 Å². The molecule has 2 heteroatoms.